The molecular formula is C17H24N2O. The van der Waals surface area contributed by atoms with E-state index in [-0.39, 0.29) is 5.92 Å². The minimum atomic E-state index is 0.238. The van der Waals surface area contributed by atoms with Gasteiger partial charge in [-0.05, 0) is 31.4 Å². The van der Waals surface area contributed by atoms with Gasteiger partial charge in [-0.1, -0.05) is 37.5 Å². The number of para-hydroxylation sites is 1. The minimum absolute atomic E-state index is 0.238. The lowest BCUT2D eigenvalue weighted by Gasteiger charge is -2.30. The quantitative estimate of drug-likeness (QED) is 0.852. The van der Waals surface area contributed by atoms with E-state index in [0.717, 1.165) is 31.6 Å². The van der Waals surface area contributed by atoms with Crippen LogP contribution in [0.3, 0.4) is 0 Å². The smallest absolute Gasteiger partial charge is 0.230 e. The molecule has 1 atom stereocenters. The van der Waals surface area contributed by atoms with E-state index < -0.39 is 0 Å². The van der Waals surface area contributed by atoms with Crippen LogP contribution in [0.2, 0.25) is 0 Å². The van der Waals surface area contributed by atoms with Crippen LogP contribution >= 0.6 is 0 Å². The van der Waals surface area contributed by atoms with E-state index in [4.69, 9.17) is 0 Å². The summed E-state index contributed by atoms with van der Waals surface area (Å²) in [5.41, 5.74) is 2.35. The highest BCUT2D eigenvalue weighted by atomic mass is 16.2. The first kappa shape index (κ1) is 13.6. The third kappa shape index (κ3) is 2.73. The van der Waals surface area contributed by atoms with Crippen molar-refractivity contribution in [1.29, 1.82) is 0 Å². The number of carbonyl (C=O) groups excluding carboxylic acids is 1. The van der Waals surface area contributed by atoms with E-state index in [1.54, 1.807) is 0 Å². The van der Waals surface area contributed by atoms with Crippen molar-refractivity contribution in [3.05, 3.63) is 29.8 Å². The molecule has 0 saturated heterocycles. The lowest BCUT2D eigenvalue weighted by molar-refractivity contribution is -0.123. The second-order valence-corrected chi connectivity index (χ2v) is 6.19. The molecule has 3 heteroatoms. The molecule has 20 heavy (non-hydrogen) atoms. The summed E-state index contributed by atoms with van der Waals surface area (Å²) >= 11 is 0. The number of hydrogen-bond donors (Lipinski definition) is 1. The molecule has 0 radical (unpaired) electrons. The Labute approximate surface area is 121 Å². The van der Waals surface area contributed by atoms with Crippen LogP contribution in [-0.2, 0) is 11.3 Å². The summed E-state index contributed by atoms with van der Waals surface area (Å²) in [5, 5.41) is 3.49. The number of fused-ring (bicyclic) bond motifs is 1. The maximum atomic E-state index is 12.9. The van der Waals surface area contributed by atoms with E-state index in [1.807, 2.05) is 11.0 Å². The second-order valence-electron chi connectivity index (χ2n) is 6.19. The van der Waals surface area contributed by atoms with Crippen LogP contribution < -0.4 is 10.2 Å². The van der Waals surface area contributed by atoms with Crippen molar-refractivity contribution < 1.29 is 4.79 Å². The summed E-state index contributed by atoms with van der Waals surface area (Å²) in [7, 11) is 0. The number of carbonyl (C=O) groups is 1. The normalized spacial score (nSPS) is 24.1. The van der Waals surface area contributed by atoms with E-state index in [2.05, 4.69) is 30.4 Å². The average Bonchev–Trinajstić information content (AvgIpc) is 2.67. The van der Waals surface area contributed by atoms with Crippen molar-refractivity contribution in [1.82, 2.24) is 5.32 Å². The first-order chi connectivity index (χ1) is 9.75. The molecule has 1 aromatic rings. The summed E-state index contributed by atoms with van der Waals surface area (Å²) in [4.78, 5) is 15.0. The van der Waals surface area contributed by atoms with Crippen molar-refractivity contribution in [3.8, 4) is 0 Å². The molecule has 108 valence electrons. The van der Waals surface area contributed by atoms with Crippen molar-refractivity contribution in [2.75, 3.05) is 11.4 Å². The monoisotopic (exact) mass is 272 g/mol. The number of amides is 1. The summed E-state index contributed by atoms with van der Waals surface area (Å²) in [6.45, 7) is 3.80. The number of anilines is 1. The van der Waals surface area contributed by atoms with E-state index in [9.17, 15) is 4.79 Å². The topological polar surface area (TPSA) is 32.3 Å². The van der Waals surface area contributed by atoms with Gasteiger partial charge in [-0.25, -0.2) is 0 Å². The average molecular weight is 272 g/mol. The van der Waals surface area contributed by atoms with Gasteiger partial charge in [0.05, 0.1) is 0 Å². The molecule has 1 fully saturated rings. The Morgan fingerprint density at radius 3 is 2.75 bits per heavy atom. The highest BCUT2D eigenvalue weighted by Crippen LogP contribution is 2.30. The zero-order chi connectivity index (χ0) is 13.9. The van der Waals surface area contributed by atoms with Crippen molar-refractivity contribution >= 4 is 11.6 Å². The van der Waals surface area contributed by atoms with Gasteiger partial charge in [0.2, 0.25) is 5.91 Å². The van der Waals surface area contributed by atoms with Gasteiger partial charge in [-0.3, -0.25) is 4.79 Å². The molecule has 2 aliphatic rings. The molecule has 1 unspecified atom stereocenters. The molecule has 1 heterocycles. The molecule has 0 spiro atoms. The third-order valence-electron chi connectivity index (χ3n) is 4.60. The molecule has 1 aliphatic carbocycles. The van der Waals surface area contributed by atoms with Crippen LogP contribution in [0.4, 0.5) is 5.69 Å². The van der Waals surface area contributed by atoms with Crippen LogP contribution in [-0.4, -0.2) is 18.5 Å². The Morgan fingerprint density at radius 1 is 1.20 bits per heavy atom. The van der Waals surface area contributed by atoms with Gasteiger partial charge >= 0.3 is 0 Å². The largest absolute Gasteiger partial charge is 0.310 e. The minimum Gasteiger partial charge on any atom is -0.310 e. The first-order valence-corrected chi connectivity index (χ1v) is 7.88. The van der Waals surface area contributed by atoms with Crippen LogP contribution in [0.15, 0.2) is 24.3 Å². The summed E-state index contributed by atoms with van der Waals surface area (Å²) in [5.74, 6) is 0.579. The SMILES string of the molecule is CC1CN(C(=O)C2CCCCC2)c2ccccc2CN1. The van der Waals surface area contributed by atoms with Gasteiger partial charge in [0.1, 0.15) is 0 Å². The highest BCUT2D eigenvalue weighted by Gasteiger charge is 2.30. The number of hydrogen-bond acceptors (Lipinski definition) is 2. The molecule has 1 aromatic carbocycles. The molecule has 3 rings (SSSR count). The first-order valence-electron chi connectivity index (χ1n) is 7.88. The summed E-state index contributed by atoms with van der Waals surface area (Å²) in [6, 6.07) is 8.66. The van der Waals surface area contributed by atoms with Crippen molar-refractivity contribution in [2.45, 2.75) is 51.6 Å². The van der Waals surface area contributed by atoms with Crippen LogP contribution in [0.1, 0.15) is 44.6 Å². The van der Waals surface area contributed by atoms with Gasteiger partial charge in [0, 0.05) is 30.7 Å². The second kappa shape index (κ2) is 5.96. The maximum Gasteiger partial charge on any atom is 0.230 e. The van der Waals surface area contributed by atoms with Gasteiger partial charge < -0.3 is 10.2 Å². The third-order valence-corrected chi connectivity index (χ3v) is 4.60. The fourth-order valence-corrected chi connectivity index (χ4v) is 3.42. The predicted molar refractivity (Wildman–Crippen MR) is 81.7 cm³/mol. The standard InChI is InChI=1S/C17H24N2O/c1-13-12-19(17(20)14-7-3-2-4-8-14)16-10-6-5-9-15(16)11-18-13/h5-6,9-10,13-14,18H,2-4,7-8,11-12H2,1H3. The Morgan fingerprint density at radius 2 is 1.95 bits per heavy atom. The Balaban J connectivity index is 1.87. The zero-order valence-corrected chi connectivity index (χ0v) is 12.3. The zero-order valence-electron chi connectivity index (χ0n) is 12.3. The molecule has 1 amide bonds. The van der Waals surface area contributed by atoms with E-state index in [1.165, 1.54) is 24.8 Å². The molecular weight excluding hydrogens is 248 g/mol. The van der Waals surface area contributed by atoms with Gasteiger partial charge in [0.15, 0.2) is 0 Å². The molecule has 0 aromatic heterocycles. The Bertz CT molecular complexity index is 480. The number of rotatable bonds is 1. The Kier molecular flexibility index (Phi) is 4.06. The van der Waals surface area contributed by atoms with Crippen molar-refractivity contribution in [2.24, 2.45) is 5.92 Å². The summed E-state index contributed by atoms with van der Waals surface area (Å²) < 4.78 is 0. The van der Waals surface area contributed by atoms with Gasteiger partial charge in [-0.2, -0.15) is 0 Å². The fraction of sp³-hybridized carbons (Fsp3) is 0.588. The number of nitrogens with one attached hydrogen (secondary N) is 1. The van der Waals surface area contributed by atoms with Gasteiger partial charge in [0.25, 0.3) is 0 Å². The number of benzene rings is 1. The lowest BCUT2D eigenvalue weighted by atomic mass is 9.88. The van der Waals surface area contributed by atoms with E-state index in [0.29, 0.717) is 11.9 Å². The highest BCUT2D eigenvalue weighted by molar-refractivity contribution is 5.96. The van der Waals surface area contributed by atoms with Crippen LogP contribution in [0, 0.1) is 5.92 Å². The lowest BCUT2D eigenvalue weighted by Crippen LogP contribution is -2.43. The molecule has 1 N–H and O–H groups in total. The fourth-order valence-electron chi connectivity index (χ4n) is 3.42. The molecule has 1 saturated carbocycles. The summed E-state index contributed by atoms with van der Waals surface area (Å²) in [6.07, 6.45) is 5.84. The molecule has 3 nitrogen and oxygen atoms in total. The van der Waals surface area contributed by atoms with Crippen LogP contribution in [0.25, 0.3) is 0 Å². The van der Waals surface area contributed by atoms with E-state index >= 15 is 0 Å². The number of nitrogens with zero attached hydrogens (tertiary/aromatic N) is 1. The van der Waals surface area contributed by atoms with Gasteiger partial charge in [-0.15, -0.1) is 0 Å². The predicted octanol–water partition coefficient (Wildman–Crippen LogP) is 3.09. The maximum absolute atomic E-state index is 12.9. The van der Waals surface area contributed by atoms with Crippen LogP contribution in [0.5, 0.6) is 0 Å². The molecule has 0 bridgehead atoms. The Hall–Kier alpha value is -1.35. The van der Waals surface area contributed by atoms with Crippen molar-refractivity contribution in [3.63, 3.8) is 0 Å². The molecule has 1 aliphatic heterocycles.